The van der Waals surface area contributed by atoms with Gasteiger partial charge >= 0.3 is 0 Å². The van der Waals surface area contributed by atoms with Crippen LogP contribution in [0.5, 0.6) is 0 Å². The molecule has 8 aromatic carbocycles. The van der Waals surface area contributed by atoms with Crippen LogP contribution in [0, 0.1) is 0 Å². The van der Waals surface area contributed by atoms with E-state index in [0.717, 1.165) is 12.3 Å². The largest absolute Gasteiger partial charge is 0.309 e. The maximum Gasteiger partial charge on any atom is 0.133 e. The van der Waals surface area contributed by atoms with E-state index in [9.17, 15) is 0 Å². The van der Waals surface area contributed by atoms with E-state index in [1.54, 1.807) is 0 Å². The summed E-state index contributed by atoms with van der Waals surface area (Å²) < 4.78 is 4.79. The van der Waals surface area contributed by atoms with Gasteiger partial charge in [0.2, 0.25) is 0 Å². The van der Waals surface area contributed by atoms with Crippen LogP contribution in [0.25, 0.3) is 93.1 Å². The van der Waals surface area contributed by atoms with Crippen molar-refractivity contribution in [3.05, 3.63) is 199 Å². The summed E-state index contributed by atoms with van der Waals surface area (Å²) in [6, 6.07) is 60.5. The number of aliphatic imine (C=N–C) groups is 1. The summed E-state index contributed by atoms with van der Waals surface area (Å²) in [6.45, 7) is 0. The molecule has 10 aromatic rings. The first kappa shape index (κ1) is 30.1. The van der Waals surface area contributed by atoms with Crippen LogP contribution in [-0.4, -0.2) is 21.0 Å². The Kier molecular flexibility index (Phi) is 6.00. The molecule has 0 saturated heterocycles. The molecule has 2 aromatic heterocycles. The Balaban J connectivity index is 0.955. The van der Waals surface area contributed by atoms with Crippen molar-refractivity contribution in [3.63, 3.8) is 0 Å². The number of rotatable bonds is 2. The van der Waals surface area contributed by atoms with E-state index >= 15 is 0 Å². The minimum Gasteiger partial charge on any atom is -0.309 e. The van der Waals surface area contributed by atoms with Crippen molar-refractivity contribution in [1.29, 1.82) is 0 Å². The Morgan fingerprint density at radius 2 is 1.20 bits per heavy atom. The summed E-state index contributed by atoms with van der Waals surface area (Å²) in [6.07, 6.45) is 7.86. The number of hydrogen-bond acceptors (Lipinski definition) is 1. The third-order valence-corrected chi connectivity index (χ3v) is 12.5. The zero-order valence-electron chi connectivity index (χ0n) is 30.4. The van der Waals surface area contributed by atoms with Crippen LogP contribution >= 0.6 is 0 Å². The molecule has 1 atom stereocenters. The fourth-order valence-electron chi connectivity index (χ4n) is 10.1. The second-order valence-corrected chi connectivity index (χ2v) is 15.4. The minimum absolute atomic E-state index is 0.122. The number of fused-ring (bicyclic) bond motifs is 12. The van der Waals surface area contributed by atoms with Crippen LogP contribution in [0.2, 0.25) is 0 Å². The van der Waals surface area contributed by atoms with Gasteiger partial charge in [-0.1, -0.05) is 121 Å². The van der Waals surface area contributed by atoms with Gasteiger partial charge in [0.1, 0.15) is 5.84 Å². The van der Waals surface area contributed by atoms with E-state index in [1.807, 2.05) is 0 Å². The average molecular weight is 712 g/mol. The van der Waals surface area contributed by atoms with E-state index in [4.69, 9.17) is 4.99 Å². The summed E-state index contributed by atoms with van der Waals surface area (Å²) >= 11 is 0. The lowest BCUT2D eigenvalue weighted by atomic mass is 9.89. The van der Waals surface area contributed by atoms with Crippen molar-refractivity contribution < 1.29 is 0 Å². The first-order valence-electron chi connectivity index (χ1n) is 19.6. The maximum atomic E-state index is 5.47. The van der Waals surface area contributed by atoms with Gasteiger partial charge in [-0.05, 0) is 128 Å². The predicted octanol–water partition coefficient (Wildman–Crippen LogP) is 13.3. The quantitative estimate of drug-likeness (QED) is 0.170. The number of allylic oxidation sites excluding steroid dienone is 3. The minimum atomic E-state index is 0.122. The molecule has 0 amide bonds. The summed E-state index contributed by atoms with van der Waals surface area (Å²) in [5.41, 5.74) is 15.1. The first-order valence-corrected chi connectivity index (χ1v) is 19.6. The van der Waals surface area contributed by atoms with Crippen molar-refractivity contribution in [3.8, 4) is 16.8 Å². The van der Waals surface area contributed by atoms with Crippen LogP contribution in [0.1, 0.15) is 17.5 Å². The van der Waals surface area contributed by atoms with E-state index in [1.165, 1.54) is 110 Å². The molecule has 56 heavy (non-hydrogen) atoms. The molecule has 0 saturated carbocycles. The van der Waals surface area contributed by atoms with Gasteiger partial charge < -0.3 is 4.57 Å². The molecule has 13 rings (SSSR count). The SMILES string of the molecule is C1=CC2=C3C(=CC(n4c5ccccc5c5cc6cc(-c7ccc8c(ccc9c8c8ccccc8n9-c8ccccc8)c7)ccc6cc54)=NC3C1)c1ccccc12. The van der Waals surface area contributed by atoms with Crippen molar-refractivity contribution in [2.75, 3.05) is 0 Å². The number of nitrogens with zero attached hydrogens (tertiary/aromatic N) is 3. The van der Waals surface area contributed by atoms with Crippen LogP contribution in [0.15, 0.2) is 193 Å². The smallest absolute Gasteiger partial charge is 0.133 e. The van der Waals surface area contributed by atoms with Crippen molar-refractivity contribution in [2.24, 2.45) is 4.99 Å². The second-order valence-electron chi connectivity index (χ2n) is 15.4. The van der Waals surface area contributed by atoms with E-state index in [0.29, 0.717) is 0 Å². The molecule has 0 spiro atoms. The second kappa shape index (κ2) is 11.2. The Morgan fingerprint density at radius 1 is 0.482 bits per heavy atom. The third kappa shape index (κ3) is 4.09. The third-order valence-electron chi connectivity index (χ3n) is 12.5. The lowest BCUT2D eigenvalue weighted by Gasteiger charge is -2.25. The van der Waals surface area contributed by atoms with Gasteiger partial charge in [0.15, 0.2) is 0 Å². The maximum absolute atomic E-state index is 5.47. The molecule has 1 aliphatic heterocycles. The number of hydrogen-bond donors (Lipinski definition) is 0. The van der Waals surface area contributed by atoms with Crippen LogP contribution in [0.4, 0.5) is 0 Å². The number of dihydropyridines is 1. The molecule has 2 aliphatic carbocycles. The van der Waals surface area contributed by atoms with Gasteiger partial charge in [-0.25, -0.2) is 0 Å². The van der Waals surface area contributed by atoms with Crippen LogP contribution < -0.4 is 0 Å². The number of benzene rings is 8. The van der Waals surface area contributed by atoms with Gasteiger partial charge in [-0.3, -0.25) is 9.56 Å². The van der Waals surface area contributed by atoms with Gasteiger partial charge in [-0.15, -0.1) is 0 Å². The fraction of sp³-hybridized carbons (Fsp3) is 0.0377. The van der Waals surface area contributed by atoms with Crippen molar-refractivity contribution >= 4 is 82.1 Å². The molecule has 3 aliphatic rings. The van der Waals surface area contributed by atoms with Gasteiger partial charge in [0.25, 0.3) is 0 Å². The lowest BCUT2D eigenvalue weighted by Crippen LogP contribution is -2.22. The topological polar surface area (TPSA) is 22.2 Å². The molecule has 0 radical (unpaired) electrons. The van der Waals surface area contributed by atoms with E-state index in [2.05, 4.69) is 191 Å². The zero-order valence-corrected chi connectivity index (χ0v) is 30.4. The molecule has 0 bridgehead atoms. The zero-order chi connectivity index (χ0) is 36.5. The molecule has 1 unspecified atom stereocenters. The molecule has 3 heterocycles. The fourth-order valence-corrected chi connectivity index (χ4v) is 10.1. The standard InChI is InChI=1S/C53H33N3/c1-2-11-37(12-3-1)55-48-20-9-7-16-43(48)53-38-25-23-33(27-35(38)24-26-49(53)55)32-21-22-34-30-50-44(29-36(34)28-32)41-15-6-8-19-47(41)56(50)51-31-45-40-14-5-4-13-39(40)42-17-10-18-46(54-51)52(42)45/h1-17,19-31,46H,18H2. The Hall–Kier alpha value is -7.23. The normalized spacial score (nSPS) is 16.0. The highest BCUT2D eigenvalue weighted by Gasteiger charge is 2.35. The van der Waals surface area contributed by atoms with E-state index < -0.39 is 0 Å². The van der Waals surface area contributed by atoms with Gasteiger partial charge in [-0.2, -0.15) is 0 Å². The molecule has 3 nitrogen and oxygen atoms in total. The van der Waals surface area contributed by atoms with Crippen LogP contribution in [-0.2, 0) is 0 Å². The highest BCUT2D eigenvalue weighted by molar-refractivity contribution is 6.23. The first-order chi connectivity index (χ1) is 27.8. The molecule has 260 valence electrons. The van der Waals surface area contributed by atoms with E-state index in [-0.39, 0.29) is 6.04 Å². The molecule has 0 N–H and O–H groups in total. The molecule has 3 heteroatoms. The molecule has 0 fully saturated rings. The number of aromatic nitrogens is 2. The summed E-state index contributed by atoms with van der Waals surface area (Å²) in [5.74, 6) is 1.01. The average Bonchev–Trinajstić information content (AvgIpc) is 3.89. The summed E-state index contributed by atoms with van der Waals surface area (Å²) in [7, 11) is 0. The molecular formula is C53H33N3. The van der Waals surface area contributed by atoms with Crippen LogP contribution in [0.3, 0.4) is 0 Å². The molecular weight excluding hydrogens is 679 g/mol. The number of para-hydroxylation sites is 3. The summed E-state index contributed by atoms with van der Waals surface area (Å²) in [5, 5.41) is 10.1. The highest BCUT2D eigenvalue weighted by atomic mass is 15.1. The van der Waals surface area contributed by atoms with Gasteiger partial charge in [0, 0.05) is 27.2 Å². The Morgan fingerprint density at radius 3 is 2.07 bits per heavy atom. The Labute approximate surface area is 323 Å². The van der Waals surface area contributed by atoms with Crippen molar-refractivity contribution in [1.82, 2.24) is 9.13 Å². The monoisotopic (exact) mass is 711 g/mol. The lowest BCUT2D eigenvalue weighted by molar-refractivity contribution is 0.796. The van der Waals surface area contributed by atoms with Crippen molar-refractivity contribution in [2.45, 2.75) is 12.5 Å². The summed E-state index contributed by atoms with van der Waals surface area (Å²) in [4.78, 5) is 5.47. The Bertz CT molecular complexity index is 3490. The predicted molar refractivity (Wildman–Crippen MR) is 236 cm³/mol. The highest BCUT2D eigenvalue weighted by Crippen LogP contribution is 2.49. The van der Waals surface area contributed by atoms with Gasteiger partial charge in [0.05, 0.1) is 28.1 Å².